The third-order valence-electron chi connectivity index (χ3n) is 6.95. The molecule has 4 rings (SSSR count). The van der Waals surface area contributed by atoms with Crippen molar-refractivity contribution < 1.29 is 52.7 Å². The Morgan fingerprint density at radius 2 is 1.73 bits per heavy atom. The van der Waals surface area contributed by atoms with E-state index in [4.69, 9.17) is 0 Å². The van der Waals surface area contributed by atoms with E-state index in [2.05, 4.69) is 15.2 Å². The Kier molecular flexibility index (Phi) is 11.2. The van der Waals surface area contributed by atoms with Crippen molar-refractivity contribution in [1.82, 2.24) is 20.0 Å². The predicted molar refractivity (Wildman–Crippen MR) is 148 cm³/mol. The van der Waals surface area contributed by atoms with Crippen LogP contribution in [0.4, 0.5) is 36.4 Å². The highest BCUT2D eigenvalue weighted by atomic mass is 19.4. The van der Waals surface area contributed by atoms with Gasteiger partial charge in [-0.3, -0.25) is 19.1 Å². The molecular formula is C28H38F7N5O4. The van der Waals surface area contributed by atoms with E-state index < -0.39 is 72.1 Å². The van der Waals surface area contributed by atoms with Gasteiger partial charge in [0.25, 0.3) is 5.91 Å². The third-order valence-corrected chi connectivity index (χ3v) is 6.95. The molecule has 0 saturated heterocycles. The molecule has 0 bridgehead atoms. The highest BCUT2D eigenvalue weighted by Gasteiger charge is 2.37. The number of hydrogen-bond donors (Lipinski definition) is 2. The van der Waals surface area contributed by atoms with Gasteiger partial charge in [-0.1, -0.05) is 25.7 Å². The molecule has 0 aliphatic heterocycles. The van der Waals surface area contributed by atoms with Gasteiger partial charge in [0.15, 0.2) is 0 Å². The van der Waals surface area contributed by atoms with Crippen LogP contribution < -0.4 is 15.4 Å². The largest absolute Gasteiger partial charge is 0.573 e. The lowest BCUT2D eigenvalue weighted by Crippen LogP contribution is -2.38. The molecule has 2 aliphatic rings. The van der Waals surface area contributed by atoms with E-state index >= 15 is 0 Å². The molecule has 0 spiro atoms. The van der Waals surface area contributed by atoms with Gasteiger partial charge in [0.1, 0.15) is 23.8 Å². The van der Waals surface area contributed by atoms with Gasteiger partial charge < -0.3 is 20.3 Å². The molecule has 16 heteroatoms. The van der Waals surface area contributed by atoms with Crippen LogP contribution in [0.5, 0.6) is 5.75 Å². The first-order valence-electron chi connectivity index (χ1n) is 14.0. The van der Waals surface area contributed by atoms with Crippen molar-refractivity contribution >= 4 is 23.4 Å². The molecule has 2 N–H and O–H groups in total. The first-order valence-corrected chi connectivity index (χ1v) is 14.0. The molecule has 1 unspecified atom stereocenters. The van der Waals surface area contributed by atoms with Gasteiger partial charge in [-0.2, -0.15) is 18.3 Å². The minimum absolute atomic E-state index is 0. The zero-order valence-electron chi connectivity index (χ0n) is 24.3. The number of anilines is 1. The first-order chi connectivity index (χ1) is 20.5. The Balaban J connectivity index is 0.00000102. The van der Waals surface area contributed by atoms with Gasteiger partial charge in [-0.15, -0.1) is 13.2 Å². The number of rotatable bonds is 11. The lowest BCUT2D eigenvalue weighted by atomic mass is 9.97. The van der Waals surface area contributed by atoms with E-state index in [0.29, 0.717) is 18.7 Å². The van der Waals surface area contributed by atoms with E-state index in [9.17, 15) is 45.1 Å². The van der Waals surface area contributed by atoms with Crippen LogP contribution in [0.2, 0.25) is 0 Å². The molecule has 1 aromatic carbocycles. The maximum Gasteiger partial charge on any atom is 0.573 e. The lowest BCUT2D eigenvalue weighted by molar-refractivity contribution is -0.275. The number of nitrogens with one attached hydrogen (secondary N) is 2. The summed E-state index contributed by atoms with van der Waals surface area (Å²) < 4.78 is 96.6. The van der Waals surface area contributed by atoms with E-state index in [1.807, 2.05) is 5.32 Å². The Bertz CT molecular complexity index is 1320. The van der Waals surface area contributed by atoms with Crippen LogP contribution >= 0.6 is 0 Å². The predicted octanol–water partition coefficient (Wildman–Crippen LogP) is 6.12. The van der Waals surface area contributed by atoms with E-state index in [1.165, 1.54) is 28.8 Å². The highest BCUT2D eigenvalue weighted by Crippen LogP contribution is 2.44. The molecular weight excluding hydrogens is 603 g/mol. The van der Waals surface area contributed by atoms with Crippen LogP contribution in [-0.4, -0.2) is 65.1 Å². The molecule has 248 valence electrons. The number of ether oxygens (including phenoxy) is 1. The Morgan fingerprint density at radius 1 is 1.11 bits per heavy atom. The number of halogens is 7. The van der Waals surface area contributed by atoms with E-state index in [1.54, 1.807) is 39.0 Å². The highest BCUT2D eigenvalue weighted by molar-refractivity contribution is 5.98. The fourth-order valence-corrected chi connectivity index (χ4v) is 4.43. The summed E-state index contributed by atoms with van der Waals surface area (Å²) in [5, 5.41) is 8.09. The molecule has 9 nitrogen and oxygen atoms in total. The number of carbonyl (C=O) groups is 3. The number of hydrogen-bond acceptors (Lipinski definition) is 5. The molecule has 44 heavy (non-hydrogen) atoms. The summed E-state index contributed by atoms with van der Waals surface area (Å²) in [5.41, 5.74) is -1.36. The summed E-state index contributed by atoms with van der Waals surface area (Å²) in [6.45, 7) is 0.664. The SMILES string of the molecule is C1CC1CC1CC1.CCn1nccc1C(=O)NCC(=O)Nc1cc(OC(F)(F)F)c(C(C)C(=O)N(C)CC(F)(F)F)cc1F.[HH].[HH]. The van der Waals surface area contributed by atoms with Crippen molar-refractivity contribution in [3.05, 3.63) is 41.5 Å². The second-order valence-corrected chi connectivity index (χ2v) is 10.8. The Labute approximate surface area is 252 Å². The Hall–Kier alpha value is -3.85. The number of carbonyl (C=O) groups excluding carboxylic acids is 3. The topological polar surface area (TPSA) is 106 Å². The van der Waals surface area contributed by atoms with E-state index in [-0.39, 0.29) is 13.4 Å². The van der Waals surface area contributed by atoms with Gasteiger partial charge >= 0.3 is 12.5 Å². The monoisotopic (exact) mass is 641 g/mol. The van der Waals surface area contributed by atoms with Gasteiger partial charge in [0.05, 0.1) is 18.2 Å². The van der Waals surface area contributed by atoms with Gasteiger partial charge in [-0.05, 0) is 44.2 Å². The molecule has 1 aromatic heterocycles. The van der Waals surface area contributed by atoms with Crippen LogP contribution in [0.3, 0.4) is 0 Å². The molecule has 2 saturated carbocycles. The normalized spacial score (nSPS) is 15.5. The number of likely N-dealkylation sites (N-methyl/N-ethyl adjacent to an activating group) is 1. The molecule has 0 radical (unpaired) electrons. The average Bonchev–Trinajstić information content (AvgIpc) is 3.86. The van der Waals surface area contributed by atoms with Crippen molar-refractivity contribution in [3.63, 3.8) is 0 Å². The van der Waals surface area contributed by atoms with E-state index in [0.717, 1.165) is 14.0 Å². The quantitative estimate of drug-likeness (QED) is 0.288. The van der Waals surface area contributed by atoms with Crippen molar-refractivity contribution in [2.45, 2.75) is 71.0 Å². The summed E-state index contributed by atoms with van der Waals surface area (Å²) in [7, 11) is 0.781. The molecule has 2 aromatic rings. The minimum Gasteiger partial charge on any atom is -0.405 e. The van der Waals surface area contributed by atoms with Crippen molar-refractivity contribution in [2.24, 2.45) is 11.8 Å². The Morgan fingerprint density at radius 3 is 2.25 bits per heavy atom. The molecule has 2 fully saturated rings. The number of nitrogens with zero attached hydrogens (tertiary/aromatic N) is 3. The first kappa shape index (κ1) is 34.6. The molecule has 2 aliphatic carbocycles. The average molecular weight is 642 g/mol. The molecule has 3 amide bonds. The maximum absolute atomic E-state index is 14.7. The fourth-order valence-electron chi connectivity index (χ4n) is 4.43. The number of aryl methyl sites for hydroxylation is 1. The minimum atomic E-state index is -5.31. The number of alkyl halides is 6. The zero-order valence-corrected chi connectivity index (χ0v) is 24.3. The standard InChI is InChI=1S/C21H22F7N5O4.C7H12.2H2/c1-4-33-15(5-6-30-33)18(35)29-9-17(34)31-14-8-16(37-21(26,27)28)12(7-13(14)22)11(2)19(36)32(3)10-20(23,24)25;1-2-6(1)5-7-3-4-7;;/h5-8,11H,4,9-10H2,1-3H3,(H,29,35)(H,31,34);6-7H,1-5H2;2*1H. The second-order valence-electron chi connectivity index (χ2n) is 10.8. The fraction of sp³-hybridized carbons (Fsp3) is 0.571. The number of aromatic nitrogens is 2. The summed E-state index contributed by atoms with van der Waals surface area (Å²) in [6, 6.07) is 2.27. The molecule has 1 atom stereocenters. The smallest absolute Gasteiger partial charge is 0.405 e. The molecule has 1 heterocycles. The third kappa shape index (κ3) is 11.0. The summed E-state index contributed by atoms with van der Waals surface area (Å²) in [6.07, 6.45) is -0.949. The van der Waals surface area contributed by atoms with Gasteiger partial charge in [0.2, 0.25) is 11.8 Å². The van der Waals surface area contributed by atoms with Crippen molar-refractivity contribution in [3.8, 4) is 5.75 Å². The van der Waals surface area contributed by atoms with Crippen LogP contribution in [-0.2, 0) is 16.1 Å². The summed E-state index contributed by atoms with van der Waals surface area (Å²) >= 11 is 0. The lowest BCUT2D eigenvalue weighted by Gasteiger charge is -2.24. The summed E-state index contributed by atoms with van der Waals surface area (Å²) in [5.74, 6) is -4.68. The number of amides is 3. The van der Waals surface area contributed by atoms with Gasteiger partial charge in [-0.25, -0.2) is 4.39 Å². The zero-order chi connectivity index (χ0) is 32.8. The number of benzene rings is 1. The van der Waals surface area contributed by atoms with Crippen LogP contribution in [0.15, 0.2) is 24.4 Å². The van der Waals surface area contributed by atoms with Crippen molar-refractivity contribution in [1.29, 1.82) is 0 Å². The van der Waals surface area contributed by atoms with Crippen LogP contribution in [0.1, 0.15) is 70.8 Å². The van der Waals surface area contributed by atoms with Gasteiger partial charge in [0, 0.05) is 34.3 Å². The summed E-state index contributed by atoms with van der Waals surface area (Å²) in [4.78, 5) is 36.9. The van der Waals surface area contributed by atoms with Crippen LogP contribution in [0, 0.1) is 17.7 Å². The maximum atomic E-state index is 14.7. The second kappa shape index (κ2) is 14.3. The van der Waals surface area contributed by atoms with Crippen molar-refractivity contribution in [2.75, 3.05) is 25.5 Å². The van der Waals surface area contributed by atoms with Crippen LogP contribution in [0.25, 0.3) is 0 Å².